The van der Waals surface area contributed by atoms with Crippen molar-refractivity contribution in [2.24, 2.45) is 0 Å². The highest BCUT2D eigenvalue weighted by molar-refractivity contribution is 5.99. The number of rotatable bonds is 5. The Morgan fingerprint density at radius 2 is 1.33 bits per heavy atom. The molecule has 0 spiro atoms. The number of pyridine rings is 1. The number of nitrogens with one attached hydrogen (secondary N) is 1. The summed E-state index contributed by atoms with van der Waals surface area (Å²) in [5.41, 5.74) is 4.84. The number of ether oxygens (including phenoxy) is 2. The van der Waals surface area contributed by atoms with E-state index in [1.54, 1.807) is 26.6 Å². The summed E-state index contributed by atoms with van der Waals surface area (Å²) in [6.07, 6.45) is 3.21. The number of anilines is 1. The van der Waals surface area contributed by atoms with E-state index in [1.807, 2.05) is 48.5 Å². The number of aromatic nitrogens is 3. The molecule has 0 bridgehead atoms. The predicted octanol–water partition coefficient (Wildman–Crippen LogP) is 4.33. The molecule has 30 heavy (non-hydrogen) atoms. The Kier molecular flexibility index (Phi) is 5.26. The highest BCUT2D eigenvalue weighted by Gasteiger charge is 2.16. The fraction of sp³-hybridized carbons (Fsp3) is 0.130. The van der Waals surface area contributed by atoms with Gasteiger partial charge in [0.1, 0.15) is 22.5 Å². The Hall–Kier alpha value is -4.00. The lowest BCUT2D eigenvalue weighted by Gasteiger charge is -2.13. The van der Waals surface area contributed by atoms with Gasteiger partial charge in [0.2, 0.25) is 5.91 Å². The summed E-state index contributed by atoms with van der Waals surface area (Å²) in [6, 6.07) is 15.2. The van der Waals surface area contributed by atoms with E-state index in [9.17, 15) is 4.79 Å². The molecule has 150 valence electrons. The molecule has 0 unspecified atom stereocenters. The van der Waals surface area contributed by atoms with E-state index < -0.39 is 0 Å². The predicted molar refractivity (Wildman–Crippen MR) is 116 cm³/mol. The molecular weight excluding hydrogens is 380 g/mol. The largest absolute Gasteiger partial charge is 0.497 e. The Morgan fingerprint density at radius 1 is 0.800 bits per heavy atom. The first-order chi connectivity index (χ1) is 14.6. The lowest BCUT2D eigenvalue weighted by molar-refractivity contribution is -0.114. The summed E-state index contributed by atoms with van der Waals surface area (Å²) < 4.78 is 10.5. The molecule has 2 heterocycles. The number of methoxy groups -OCH3 is 2. The average Bonchev–Trinajstić information content (AvgIpc) is 2.78. The van der Waals surface area contributed by atoms with Gasteiger partial charge in [0.15, 0.2) is 0 Å². The lowest BCUT2D eigenvalue weighted by atomic mass is 10.0. The quantitative estimate of drug-likeness (QED) is 0.536. The minimum absolute atomic E-state index is 0.198. The monoisotopic (exact) mass is 400 g/mol. The summed E-state index contributed by atoms with van der Waals surface area (Å²) >= 11 is 0. The van der Waals surface area contributed by atoms with Crippen molar-refractivity contribution in [1.82, 2.24) is 15.0 Å². The fourth-order valence-corrected chi connectivity index (χ4v) is 3.16. The van der Waals surface area contributed by atoms with Crippen LogP contribution in [0.15, 0.2) is 60.9 Å². The number of hydrogen-bond donors (Lipinski definition) is 1. The van der Waals surface area contributed by atoms with Crippen LogP contribution in [-0.4, -0.2) is 35.1 Å². The SMILES string of the molecule is COc1ccc(-c2nc3cncc(NC(C)=O)c3nc2-c2ccc(OC)cc2)cc1. The van der Waals surface area contributed by atoms with Gasteiger partial charge in [-0.1, -0.05) is 0 Å². The van der Waals surface area contributed by atoms with Crippen LogP contribution in [0.5, 0.6) is 11.5 Å². The molecule has 0 saturated heterocycles. The van der Waals surface area contributed by atoms with Gasteiger partial charge in [0.25, 0.3) is 0 Å². The molecule has 0 radical (unpaired) electrons. The van der Waals surface area contributed by atoms with Crippen molar-refractivity contribution in [3.8, 4) is 34.0 Å². The van der Waals surface area contributed by atoms with Crippen molar-refractivity contribution in [1.29, 1.82) is 0 Å². The molecule has 0 aliphatic heterocycles. The van der Waals surface area contributed by atoms with Gasteiger partial charge in [-0.05, 0) is 48.5 Å². The highest BCUT2D eigenvalue weighted by Crippen LogP contribution is 2.34. The average molecular weight is 400 g/mol. The first-order valence-corrected chi connectivity index (χ1v) is 9.31. The van der Waals surface area contributed by atoms with Gasteiger partial charge >= 0.3 is 0 Å². The van der Waals surface area contributed by atoms with E-state index >= 15 is 0 Å². The maximum absolute atomic E-state index is 11.6. The first-order valence-electron chi connectivity index (χ1n) is 9.31. The van der Waals surface area contributed by atoms with Crippen molar-refractivity contribution in [2.45, 2.75) is 6.92 Å². The third kappa shape index (κ3) is 3.77. The molecule has 4 rings (SSSR count). The van der Waals surface area contributed by atoms with Crippen LogP contribution < -0.4 is 14.8 Å². The highest BCUT2D eigenvalue weighted by atomic mass is 16.5. The third-order valence-electron chi connectivity index (χ3n) is 4.62. The molecule has 7 heteroatoms. The lowest BCUT2D eigenvalue weighted by Crippen LogP contribution is -2.08. The molecular formula is C23H20N4O3. The maximum Gasteiger partial charge on any atom is 0.221 e. The van der Waals surface area contributed by atoms with E-state index in [2.05, 4.69) is 10.3 Å². The summed E-state index contributed by atoms with van der Waals surface area (Å²) in [6.45, 7) is 1.45. The number of hydrogen-bond acceptors (Lipinski definition) is 6. The number of fused-ring (bicyclic) bond motifs is 1. The second-order valence-electron chi connectivity index (χ2n) is 6.61. The van der Waals surface area contributed by atoms with Crippen molar-refractivity contribution < 1.29 is 14.3 Å². The zero-order chi connectivity index (χ0) is 21.1. The second kappa shape index (κ2) is 8.16. The van der Waals surface area contributed by atoms with E-state index in [4.69, 9.17) is 19.4 Å². The van der Waals surface area contributed by atoms with E-state index in [1.165, 1.54) is 6.92 Å². The molecule has 1 N–H and O–H groups in total. The molecule has 2 aromatic carbocycles. The molecule has 0 atom stereocenters. The Labute approximate surface area is 173 Å². The summed E-state index contributed by atoms with van der Waals surface area (Å²) in [7, 11) is 3.25. The minimum Gasteiger partial charge on any atom is -0.497 e. The Morgan fingerprint density at radius 3 is 1.83 bits per heavy atom. The molecule has 7 nitrogen and oxygen atoms in total. The topological polar surface area (TPSA) is 86.2 Å². The number of carbonyl (C=O) groups is 1. The van der Waals surface area contributed by atoms with Crippen molar-refractivity contribution in [3.05, 3.63) is 60.9 Å². The number of nitrogens with zero attached hydrogens (tertiary/aromatic N) is 3. The van der Waals surface area contributed by atoms with Crippen LogP contribution in [0, 0.1) is 0 Å². The van der Waals surface area contributed by atoms with E-state index in [-0.39, 0.29) is 5.91 Å². The summed E-state index contributed by atoms with van der Waals surface area (Å²) in [5, 5.41) is 2.78. The van der Waals surface area contributed by atoms with Crippen LogP contribution in [0.25, 0.3) is 33.5 Å². The van der Waals surface area contributed by atoms with Gasteiger partial charge in [0, 0.05) is 18.1 Å². The summed E-state index contributed by atoms with van der Waals surface area (Å²) in [5.74, 6) is 1.31. The summed E-state index contributed by atoms with van der Waals surface area (Å²) in [4.78, 5) is 25.5. The number of amides is 1. The maximum atomic E-state index is 11.6. The molecule has 0 aliphatic rings. The van der Waals surface area contributed by atoms with Gasteiger partial charge < -0.3 is 14.8 Å². The molecule has 4 aromatic rings. The molecule has 0 saturated carbocycles. The number of carbonyl (C=O) groups excluding carboxylic acids is 1. The normalized spacial score (nSPS) is 10.6. The number of benzene rings is 2. The van der Waals surface area contributed by atoms with E-state index in [0.717, 1.165) is 22.6 Å². The van der Waals surface area contributed by atoms with Gasteiger partial charge in [-0.2, -0.15) is 0 Å². The smallest absolute Gasteiger partial charge is 0.221 e. The van der Waals surface area contributed by atoms with Crippen molar-refractivity contribution in [2.75, 3.05) is 19.5 Å². The molecule has 0 aliphatic carbocycles. The van der Waals surface area contributed by atoms with E-state index in [0.29, 0.717) is 28.1 Å². The second-order valence-corrected chi connectivity index (χ2v) is 6.61. The van der Waals surface area contributed by atoms with Crippen LogP contribution in [0.3, 0.4) is 0 Å². The molecule has 2 aromatic heterocycles. The van der Waals surface area contributed by atoms with Crippen LogP contribution in [0.4, 0.5) is 5.69 Å². The standard InChI is InChI=1S/C23H20N4O3/c1-14(28)25-19-12-24-13-20-23(19)27-22(16-6-10-18(30-3)11-7-16)21(26-20)15-4-8-17(29-2)9-5-15/h4-13H,1-3H3,(H,25,28). The molecule has 1 amide bonds. The van der Waals surface area contributed by atoms with Gasteiger partial charge in [-0.3, -0.25) is 9.78 Å². The van der Waals surface area contributed by atoms with Crippen LogP contribution in [-0.2, 0) is 4.79 Å². The van der Waals surface area contributed by atoms with Gasteiger partial charge in [0.05, 0.1) is 43.7 Å². The first kappa shape index (κ1) is 19.3. The minimum atomic E-state index is -0.198. The van der Waals surface area contributed by atoms with Crippen LogP contribution in [0.2, 0.25) is 0 Å². The van der Waals surface area contributed by atoms with Crippen LogP contribution >= 0.6 is 0 Å². The zero-order valence-electron chi connectivity index (χ0n) is 16.8. The Bertz CT molecular complexity index is 1210. The Balaban J connectivity index is 1.96. The van der Waals surface area contributed by atoms with Gasteiger partial charge in [-0.15, -0.1) is 0 Å². The molecule has 0 fully saturated rings. The third-order valence-corrected chi connectivity index (χ3v) is 4.62. The van der Waals surface area contributed by atoms with Gasteiger partial charge in [-0.25, -0.2) is 9.97 Å². The fourth-order valence-electron chi connectivity index (χ4n) is 3.16. The van der Waals surface area contributed by atoms with Crippen molar-refractivity contribution >= 4 is 22.6 Å². The van der Waals surface area contributed by atoms with Crippen LogP contribution in [0.1, 0.15) is 6.92 Å². The zero-order valence-corrected chi connectivity index (χ0v) is 16.8. The van der Waals surface area contributed by atoms with Crippen molar-refractivity contribution in [3.63, 3.8) is 0 Å².